The van der Waals surface area contributed by atoms with E-state index in [9.17, 15) is 4.79 Å². The molecule has 1 unspecified atom stereocenters. The fourth-order valence-corrected chi connectivity index (χ4v) is 4.77. The summed E-state index contributed by atoms with van der Waals surface area (Å²) in [4.78, 5) is 13.8. The van der Waals surface area contributed by atoms with Crippen LogP contribution in [0.4, 0.5) is 11.6 Å². The van der Waals surface area contributed by atoms with Crippen molar-refractivity contribution < 1.29 is 14.3 Å². The lowest BCUT2D eigenvalue weighted by Crippen LogP contribution is -2.31. The minimum absolute atomic E-state index is 0.240. The number of amides is 1. The molecule has 0 bridgehead atoms. The summed E-state index contributed by atoms with van der Waals surface area (Å²) in [5.74, 6) is 1.43. The van der Waals surface area contributed by atoms with Crippen molar-refractivity contribution in [1.29, 1.82) is 0 Å². The number of fused-ring (bicyclic) bond motifs is 1. The Morgan fingerprint density at radius 1 is 0.974 bits per heavy atom. The van der Waals surface area contributed by atoms with Crippen LogP contribution < -0.4 is 20.1 Å². The zero-order chi connectivity index (χ0) is 27.5. The van der Waals surface area contributed by atoms with Gasteiger partial charge in [0.1, 0.15) is 12.6 Å². The van der Waals surface area contributed by atoms with Gasteiger partial charge in [0.2, 0.25) is 5.95 Å². The Morgan fingerprint density at radius 2 is 1.79 bits per heavy atom. The first-order valence-electron chi connectivity index (χ1n) is 12.9. The molecule has 200 valence electrons. The van der Waals surface area contributed by atoms with Gasteiger partial charge in [-0.25, -0.2) is 0 Å². The van der Waals surface area contributed by atoms with Crippen LogP contribution in [0.25, 0.3) is 0 Å². The van der Waals surface area contributed by atoms with Crippen molar-refractivity contribution >= 4 is 17.5 Å². The van der Waals surface area contributed by atoms with E-state index in [1.165, 1.54) is 0 Å². The number of nitrogens with one attached hydrogen (secondary N) is 2. The lowest BCUT2D eigenvalue weighted by molar-refractivity contribution is -0.113. The molecule has 1 aliphatic rings. The Bertz CT molecular complexity index is 1560. The molecule has 1 amide bonds. The van der Waals surface area contributed by atoms with Crippen LogP contribution in [0.1, 0.15) is 47.7 Å². The highest BCUT2D eigenvalue weighted by Gasteiger charge is 2.34. The van der Waals surface area contributed by atoms with Gasteiger partial charge in [-0.1, -0.05) is 53.1 Å². The molecule has 0 spiro atoms. The molecule has 5 rings (SSSR count). The number of hydrogen-bond donors (Lipinski definition) is 2. The molecule has 1 aliphatic heterocycles. The average molecular weight is 525 g/mol. The number of tetrazole rings is 1. The molecule has 9 nitrogen and oxygen atoms in total. The van der Waals surface area contributed by atoms with Crippen LogP contribution >= 0.6 is 0 Å². The predicted molar refractivity (Wildman–Crippen MR) is 150 cm³/mol. The van der Waals surface area contributed by atoms with E-state index in [1.54, 1.807) is 4.68 Å². The molecular formula is C30H32N6O3. The zero-order valence-electron chi connectivity index (χ0n) is 22.8. The summed E-state index contributed by atoms with van der Waals surface area (Å²) in [6.45, 7) is 10.7. The normalized spacial score (nSPS) is 14.4. The maximum Gasteiger partial charge on any atom is 0.255 e. The Kier molecular flexibility index (Phi) is 7.31. The number of hydrogen-bond acceptors (Lipinski definition) is 7. The van der Waals surface area contributed by atoms with Gasteiger partial charge in [0.15, 0.2) is 11.5 Å². The van der Waals surface area contributed by atoms with Gasteiger partial charge in [-0.05, 0) is 85.5 Å². The van der Waals surface area contributed by atoms with Gasteiger partial charge in [0.25, 0.3) is 5.91 Å². The van der Waals surface area contributed by atoms with Crippen LogP contribution in [0.5, 0.6) is 11.5 Å². The maximum atomic E-state index is 13.8. The minimum Gasteiger partial charge on any atom is -0.490 e. The Hall–Kier alpha value is -4.66. The average Bonchev–Trinajstić information content (AvgIpc) is 3.37. The number of rotatable bonds is 8. The number of carbonyl (C=O) groups excluding carboxylic acids is 1. The number of allylic oxidation sites excluding steroid dienone is 1. The second kappa shape index (κ2) is 11.0. The number of benzene rings is 3. The van der Waals surface area contributed by atoms with E-state index in [2.05, 4.69) is 39.1 Å². The number of carbonyl (C=O) groups is 1. The number of aryl methyl sites for hydroxylation is 3. The molecule has 1 atom stereocenters. The van der Waals surface area contributed by atoms with E-state index in [0.29, 0.717) is 41.9 Å². The second-order valence-electron chi connectivity index (χ2n) is 9.64. The summed E-state index contributed by atoms with van der Waals surface area (Å²) in [6.07, 6.45) is 0. The summed E-state index contributed by atoms with van der Waals surface area (Å²) in [6, 6.07) is 19.2. The second-order valence-corrected chi connectivity index (χ2v) is 9.64. The fraction of sp³-hybridized carbons (Fsp3) is 0.267. The third-order valence-electron chi connectivity index (χ3n) is 6.82. The van der Waals surface area contributed by atoms with Crippen LogP contribution in [0.3, 0.4) is 0 Å². The first-order valence-corrected chi connectivity index (χ1v) is 12.9. The van der Waals surface area contributed by atoms with E-state index >= 15 is 0 Å². The van der Waals surface area contributed by atoms with Crippen molar-refractivity contribution in [2.75, 3.05) is 17.2 Å². The number of ether oxygens (including phenoxy) is 2. The van der Waals surface area contributed by atoms with E-state index in [1.807, 2.05) is 82.3 Å². The third kappa shape index (κ3) is 5.34. The minimum atomic E-state index is -0.577. The van der Waals surface area contributed by atoms with Gasteiger partial charge in [0, 0.05) is 11.4 Å². The van der Waals surface area contributed by atoms with Gasteiger partial charge in [-0.3, -0.25) is 4.79 Å². The largest absolute Gasteiger partial charge is 0.490 e. The van der Waals surface area contributed by atoms with Crippen LogP contribution in [-0.4, -0.2) is 32.7 Å². The lowest BCUT2D eigenvalue weighted by Gasteiger charge is -2.28. The summed E-state index contributed by atoms with van der Waals surface area (Å²) in [5, 5.41) is 18.4. The van der Waals surface area contributed by atoms with Crippen molar-refractivity contribution in [2.24, 2.45) is 0 Å². The Balaban J connectivity index is 1.50. The predicted octanol–water partition coefficient (Wildman–Crippen LogP) is 5.50. The van der Waals surface area contributed by atoms with E-state index in [-0.39, 0.29) is 5.91 Å². The Labute approximate surface area is 227 Å². The third-order valence-corrected chi connectivity index (χ3v) is 6.82. The molecule has 0 saturated heterocycles. The molecule has 3 aromatic carbocycles. The van der Waals surface area contributed by atoms with Crippen molar-refractivity contribution in [3.63, 3.8) is 0 Å². The van der Waals surface area contributed by atoms with Crippen LogP contribution in [0.2, 0.25) is 0 Å². The smallest absolute Gasteiger partial charge is 0.255 e. The number of nitrogens with zero attached hydrogens (tertiary/aromatic N) is 4. The maximum absolute atomic E-state index is 13.8. The summed E-state index contributed by atoms with van der Waals surface area (Å²) >= 11 is 0. The SMILES string of the molecule is CCOc1cc(C2C(C(=O)Nc3ccc(C)cc3C)=C(C)Nc3nnnn32)ccc1OCc1ccccc1C. The highest BCUT2D eigenvalue weighted by Crippen LogP contribution is 2.39. The van der Waals surface area contributed by atoms with Crippen molar-refractivity contribution in [3.8, 4) is 11.5 Å². The van der Waals surface area contributed by atoms with Crippen molar-refractivity contribution in [2.45, 2.75) is 47.3 Å². The van der Waals surface area contributed by atoms with Gasteiger partial charge in [0.05, 0.1) is 12.2 Å². The topological polar surface area (TPSA) is 103 Å². The van der Waals surface area contributed by atoms with Crippen molar-refractivity contribution in [3.05, 3.63) is 99.8 Å². The van der Waals surface area contributed by atoms with Crippen molar-refractivity contribution in [1.82, 2.24) is 20.2 Å². The first kappa shape index (κ1) is 26.0. The summed E-state index contributed by atoms with van der Waals surface area (Å²) in [5.41, 5.74) is 7.10. The quantitative estimate of drug-likeness (QED) is 0.314. The highest BCUT2D eigenvalue weighted by atomic mass is 16.5. The molecule has 9 heteroatoms. The molecule has 39 heavy (non-hydrogen) atoms. The monoisotopic (exact) mass is 524 g/mol. The molecule has 0 radical (unpaired) electrons. The fourth-order valence-electron chi connectivity index (χ4n) is 4.77. The van der Waals surface area contributed by atoms with Gasteiger partial charge >= 0.3 is 0 Å². The molecule has 0 aliphatic carbocycles. The van der Waals surface area contributed by atoms with Crippen LogP contribution in [0.15, 0.2) is 71.9 Å². The van der Waals surface area contributed by atoms with Gasteiger partial charge in [-0.2, -0.15) is 4.68 Å². The molecule has 2 heterocycles. The molecular weight excluding hydrogens is 492 g/mol. The van der Waals surface area contributed by atoms with Crippen LogP contribution in [0, 0.1) is 20.8 Å². The van der Waals surface area contributed by atoms with E-state index < -0.39 is 6.04 Å². The molecule has 4 aromatic rings. The Morgan fingerprint density at radius 3 is 2.56 bits per heavy atom. The lowest BCUT2D eigenvalue weighted by atomic mass is 9.94. The first-order chi connectivity index (χ1) is 18.9. The molecule has 0 fully saturated rings. The van der Waals surface area contributed by atoms with Gasteiger partial charge < -0.3 is 20.1 Å². The molecule has 1 aromatic heterocycles. The van der Waals surface area contributed by atoms with Crippen LogP contribution in [-0.2, 0) is 11.4 Å². The van der Waals surface area contributed by atoms with Gasteiger partial charge in [-0.15, -0.1) is 0 Å². The van der Waals surface area contributed by atoms with E-state index in [4.69, 9.17) is 9.47 Å². The summed E-state index contributed by atoms with van der Waals surface area (Å²) < 4.78 is 13.8. The zero-order valence-corrected chi connectivity index (χ0v) is 22.8. The van der Waals surface area contributed by atoms with E-state index in [0.717, 1.165) is 33.5 Å². The summed E-state index contributed by atoms with van der Waals surface area (Å²) in [7, 11) is 0. The molecule has 0 saturated carbocycles. The highest BCUT2D eigenvalue weighted by molar-refractivity contribution is 6.06. The number of anilines is 2. The standard InChI is InChI=1S/C30H32N6O3/c1-6-38-26-16-22(12-14-25(26)39-17-23-10-8-7-9-19(23)3)28-27(21(5)31-30-33-34-35-36(28)30)29(37)32-24-13-11-18(2)15-20(24)4/h7-16,28H,6,17H2,1-5H3,(H,32,37)(H,31,33,35). The molecule has 2 N–H and O–H groups in total. The number of aromatic nitrogens is 4.